The average Bonchev–Trinajstić information content (AvgIpc) is 2.36. The number of halogens is 1. The molecule has 0 spiro atoms. The molecule has 0 saturated heterocycles. The number of aromatic nitrogens is 2. The second-order valence-electron chi connectivity index (χ2n) is 3.58. The van der Waals surface area contributed by atoms with Gasteiger partial charge in [0.05, 0.1) is 0 Å². The van der Waals surface area contributed by atoms with Gasteiger partial charge in [0, 0.05) is 16.9 Å². The molecule has 1 heterocycles. The summed E-state index contributed by atoms with van der Waals surface area (Å²) in [6.07, 6.45) is 2.82. The van der Waals surface area contributed by atoms with Gasteiger partial charge in [-0.3, -0.25) is 19.6 Å². The van der Waals surface area contributed by atoms with Crippen LogP contribution in [0.15, 0.2) is 22.9 Å². The first kappa shape index (κ1) is 13.2. The predicted molar refractivity (Wildman–Crippen MR) is 68.9 cm³/mol. The Morgan fingerprint density at radius 1 is 1.26 bits per heavy atom. The van der Waals surface area contributed by atoms with Crippen molar-refractivity contribution in [2.45, 2.75) is 0 Å². The molecule has 3 N–H and O–H groups in total. The SMILES string of the molecule is O=C(O)CNC(=O)c1c(O)cc(Br)c2nccnc12. The zero-order valence-corrected chi connectivity index (χ0v) is 11.0. The van der Waals surface area contributed by atoms with Crippen LogP contribution >= 0.6 is 15.9 Å². The van der Waals surface area contributed by atoms with E-state index in [4.69, 9.17) is 5.11 Å². The lowest BCUT2D eigenvalue weighted by Gasteiger charge is -2.08. The fourth-order valence-corrected chi connectivity index (χ4v) is 2.05. The molecule has 1 aromatic heterocycles. The van der Waals surface area contributed by atoms with Crippen LogP contribution in [0.25, 0.3) is 11.0 Å². The molecule has 2 rings (SSSR count). The molecule has 1 aromatic carbocycles. The summed E-state index contributed by atoms with van der Waals surface area (Å²) in [5.74, 6) is -2.21. The van der Waals surface area contributed by atoms with Gasteiger partial charge in [0.2, 0.25) is 0 Å². The molecular formula is C11H8BrN3O4. The number of hydrogen-bond acceptors (Lipinski definition) is 5. The van der Waals surface area contributed by atoms with Crippen molar-refractivity contribution in [3.05, 3.63) is 28.5 Å². The number of rotatable bonds is 3. The second kappa shape index (κ2) is 5.19. The summed E-state index contributed by atoms with van der Waals surface area (Å²) in [4.78, 5) is 30.3. The molecule has 0 aliphatic rings. The standard InChI is InChI=1S/C11H8BrN3O4/c12-5-3-6(16)8(11(19)15-4-7(17)18)10-9(5)13-1-2-14-10/h1-3,16H,4H2,(H,15,19)(H,17,18). The van der Waals surface area contributed by atoms with Gasteiger partial charge >= 0.3 is 5.97 Å². The molecular weight excluding hydrogens is 318 g/mol. The quantitative estimate of drug-likeness (QED) is 0.773. The van der Waals surface area contributed by atoms with Gasteiger partial charge in [-0.2, -0.15) is 0 Å². The number of amides is 1. The lowest BCUT2D eigenvalue weighted by Crippen LogP contribution is -2.29. The highest BCUT2D eigenvalue weighted by atomic mass is 79.9. The number of nitrogens with zero attached hydrogens (tertiary/aromatic N) is 2. The lowest BCUT2D eigenvalue weighted by molar-refractivity contribution is -0.135. The fourth-order valence-electron chi connectivity index (χ4n) is 1.55. The van der Waals surface area contributed by atoms with E-state index >= 15 is 0 Å². The number of phenolic OH excluding ortho intramolecular Hbond substituents is 1. The van der Waals surface area contributed by atoms with Gasteiger partial charge in [0.25, 0.3) is 5.91 Å². The molecule has 0 radical (unpaired) electrons. The van der Waals surface area contributed by atoms with Crippen LogP contribution in [0.5, 0.6) is 5.75 Å². The van der Waals surface area contributed by atoms with Crippen molar-refractivity contribution in [1.82, 2.24) is 15.3 Å². The van der Waals surface area contributed by atoms with Crippen molar-refractivity contribution in [1.29, 1.82) is 0 Å². The maximum atomic E-state index is 11.9. The van der Waals surface area contributed by atoms with E-state index in [1.165, 1.54) is 18.5 Å². The molecule has 98 valence electrons. The van der Waals surface area contributed by atoms with Gasteiger partial charge in [0.15, 0.2) is 0 Å². The summed E-state index contributed by atoms with van der Waals surface area (Å²) in [5, 5.41) is 20.5. The smallest absolute Gasteiger partial charge is 0.322 e. The largest absolute Gasteiger partial charge is 0.507 e. The highest BCUT2D eigenvalue weighted by Crippen LogP contribution is 2.30. The van der Waals surface area contributed by atoms with Crippen molar-refractivity contribution >= 4 is 38.8 Å². The van der Waals surface area contributed by atoms with Crippen LogP contribution < -0.4 is 5.32 Å². The highest BCUT2D eigenvalue weighted by Gasteiger charge is 2.19. The summed E-state index contributed by atoms with van der Waals surface area (Å²) in [6.45, 7) is -0.546. The van der Waals surface area contributed by atoms with Crippen LogP contribution in [0.1, 0.15) is 10.4 Å². The first-order chi connectivity index (χ1) is 9.00. The van der Waals surface area contributed by atoms with E-state index in [1.54, 1.807) is 0 Å². The molecule has 0 bridgehead atoms. The van der Waals surface area contributed by atoms with E-state index in [0.717, 1.165) is 0 Å². The molecule has 0 fully saturated rings. The van der Waals surface area contributed by atoms with Crippen LogP contribution in [-0.4, -0.2) is 38.6 Å². The molecule has 0 aliphatic heterocycles. The Labute approximate surface area is 115 Å². The first-order valence-corrected chi connectivity index (χ1v) is 5.92. The Morgan fingerprint density at radius 2 is 1.89 bits per heavy atom. The van der Waals surface area contributed by atoms with Gasteiger partial charge in [-0.25, -0.2) is 0 Å². The summed E-state index contributed by atoms with van der Waals surface area (Å²) in [6, 6.07) is 1.31. The molecule has 2 aromatic rings. The summed E-state index contributed by atoms with van der Waals surface area (Å²) in [7, 11) is 0. The number of carboxylic acid groups (broad SMARTS) is 1. The number of aromatic hydroxyl groups is 1. The van der Waals surface area contributed by atoms with Crippen molar-refractivity contribution in [2.24, 2.45) is 0 Å². The number of benzene rings is 1. The van der Waals surface area contributed by atoms with E-state index in [2.05, 4.69) is 31.2 Å². The zero-order valence-electron chi connectivity index (χ0n) is 9.42. The third kappa shape index (κ3) is 2.63. The maximum Gasteiger partial charge on any atom is 0.322 e. The number of carbonyl (C=O) groups is 2. The minimum Gasteiger partial charge on any atom is -0.507 e. The van der Waals surface area contributed by atoms with Crippen molar-refractivity contribution in [3.8, 4) is 5.75 Å². The fraction of sp³-hybridized carbons (Fsp3) is 0.0909. The van der Waals surface area contributed by atoms with E-state index in [-0.39, 0.29) is 16.8 Å². The third-order valence-electron chi connectivity index (χ3n) is 2.31. The Bertz CT molecular complexity index is 674. The van der Waals surface area contributed by atoms with Crippen molar-refractivity contribution < 1.29 is 19.8 Å². The molecule has 1 amide bonds. The van der Waals surface area contributed by atoms with Crippen molar-refractivity contribution in [3.63, 3.8) is 0 Å². The van der Waals surface area contributed by atoms with Crippen LogP contribution in [-0.2, 0) is 4.79 Å². The van der Waals surface area contributed by atoms with Crippen LogP contribution in [0.3, 0.4) is 0 Å². The number of phenols is 1. The Kier molecular flexibility index (Phi) is 3.61. The van der Waals surface area contributed by atoms with Gasteiger partial charge < -0.3 is 15.5 Å². The molecule has 0 atom stereocenters. The molecule has 0 aliphatic carbocycles. The van der Waals surface area contributed by atoms with Gasteiger partial charge in [0.1, 0.15) is 28.9 Å². The summed E-state index contributed by atoms with van der Waals surface area (Å²) < 4.78 is 0.489. The van der Waals surface area contributed by atoms with Crippen LogP contribution in [0, 0.1) is 0 Å². The first-order valence-electron chi connectivity index (χ1n) is 5.13. The Morgan fingerprint density at radius 3 is 2.53 bits per heavy atom. The number of nitrogens with one attached hydrogen (secondary N) is 1. The average molecular weight is 326 g/mol. The predicted octanol–water partition coefficient (Wildman–Crippen LogP) is 0.912. The number of carboxylic acids is 1. The van der Waals surface area contributed by atoms with Gasteiger partial charge in [-0.05, 0) is 22.0 Å². The summed E-state index contributed by atoms with van der Waals surface area (Å²) in [5.41, 5.74) is 0.491. The molecule has 8 heteroatoms. The van der Waals surface area contributed by atoms with Crippen LogP contribution in [0.4, 0.5) is 0 Å². The molecule has 0 saturated carbocycles. The second-order valence-corrected chi connectivity index (χ2v) is 4.44. The number of aliphatic carboxylic acids is 1. The maximum absolute atomic E-state index is 11.9. The van der Waals surface area contributed by atoms with Crippen LogP contribution in [0.2, 0.25) is 0 Å². The normalized spacial score (nSPS) is 10.4. The minimum absolute atomic E-state index is 0.104. The lowest BCUT2D eigenvalue weighted by atomic mass is 10.1. The van der Waals surface area contributed by atoms with E-state index in [1.807, 2.05) is 0 Å². The van der Waals surface area contributed by atoms with Gasteiger partial charge in [-0.15, -0.1) is 0 Å². The Hall–Kier alpha value is -2.22. The highest BCUT2D eigenvalue weighted by molar-refractivity contribution is 9.10. The van der Waals surface area contributed by atoms with Gasteiger partial charge in [-0.1, -0.05) is 0 Å². The number of hydrogen-bond donors (Lipinski definition) is 3. The molecule has 7 nitrogen and oxygen atoms in total. The minimum atomic E-state index is -1.18. The van der Waals surface area contributed by atoms with E-state index in [0.29, 0.717) is 9.99 Å². The van der Waals surface area contributed by atoms with E-state index in [9.17, 15) is 14.7 Å². The number of carbonyl (C=O) groups excluding carboxylic acids is 1. The Balaban J connectivity index is 2.53. The summed E-state index contributed by atoms with van der Waals surface area (Å²) >= 11 is 3.20. The topological polar surface area (TPSA) is 112 Å². The molecule has 0 unspecified atom stereocenters. The monoisotopic (exact) mass is 325 g/mol. The van der Waals surface area contributed by atoms with Crippen molar-refractivity contribution in [2.75, 3.05) is 6.54 Å². The third-order valence-corrected chi connectivity index (χ3v) is 2.91. The zero-order chi connectivity index (χ0) is 14.0. The van der Waals surface area contributed by atoms with E-state index < -0.39 is 18.4 Å². The number of fused-ring (bicyclic) bond motifs is 1. The molecule has 19 heavy (non-hydrogen) atoms.